The number of para-hydroxylation sites is 1. The van der Waals surface area contributed by atoms with Crippen molar-refractivity contribution in [2.75, 3.05) is 5.32 Å². The first-order valence-electron chi connectivity index (χ1n) is 10.3. The summed E-state index contributed by atoms with van der Waals surface area (Å²) in [6.45, 7) is 1.68. The molecule has 0 spiro atoms. The van der Waals surface area contributed by atoms with Crippen molar-refractivity contribution < 1.29 is 18.5 Å². The predicted molar refractivity (Wildman–Crippen MR) is 133 cm³/mol. The van der Waals surface area contributed by atoms with E-state index in [1.807, 2.05) is 6.07 Å². The molecule has 0 fully saturated rings. The number of anilines is 1. The van der Waals surface area contributed by atoms with E-state index in [2.05, 4.69) is 26.4 Å². The van der Waals surface area contributed by atoms with Crippen molar-refractivity contribution in [2.45, 2.75) is 6.92 Å². The molecule has 0 atom stereocenters. The molecule has 2 aromatic heterocycles. The highest BCUT2D eigenvalue weighted by atomic mass is 79.9. The topological polar surface area (TPSA) is 85.3 Å². The Hall–Kier alpha value is -3.68. The number of hydrogen-bond donors (Lipinski definition) is 1. The van der Waals surface area contributed by atoms with Gasteiger partial charge in [0.05, 0.1) is 11.4 Å². The maximum atomic E-state index is 13.5. The second-order valence-corrected chi connectivity index (χ2v) is 8.92. The molecule has 0 radical (unpaired) electrons. The van der Waals surface area contributed by atoms with Gasteiger partial charge in [-0.1, -0.05) is 44.8 Å². The molecule has 0 saturated carbocycles. The van der Waals surface area contributed by atoms with Crippen LogP contribution in [0, 0.1) is 6.92 Å². The number of fused-ring (bicyclic) bond motifs is 1. The molecular weight excluding hydrogens is 520 g/mol. The van der Waals surface area contributed by atoms with Gasteiger partial charge in [-0.3, -0.25) is 9.59 Å². The van der Waals surface area contributed by atoms with Gasteiger partial charge in [-0.05, 0) is 67.6 Å². The molecule has 1 amide bonds. The highest BCUT2D eigenvalue weighted by Crippen LogP contribution is 2.34. The zero-order valence-corrected chi connectivity index (χ0v) is 20.1. The van der Waals surface area contributed by atoms with Crippen LogP contribution in [-0.4, -0.2) is 16.8 Å². The van der Waals surface area contributed by atoms with Gasteiger partial charge in [-0.2, -0.15) is 0 Å². The fourth-order valence-corrected chi connectivity index (χ4v) is 4.06. The highest BCUT2D eigenvalue weighted by molar-refractivity contribution is 9.10. The van der Waals surface area contributed by atoms with E-state index >= 15 is 0 Å². The molecule has 0 unspecified atom stereocenters. The van der Waals surface area contributed by atoms with Crippen molar-refractivity contribution in [1.82, 2.24) is 5.16 Å². The summed E-state index contributed by atoms with van der Waals surface area (Å²) in [4.78, 5) is 26.8. The minimum atomic E-state index is -0.472. The van der Waals surface area contributed by atoms with Crippen LogP contribution in [0.5, 0.6) is 0 Å². The summed E-state index contributed by atoms with van der Waals surface area (Å²) >= 11 is 9.36. The van der Waals surface area contributed by atoms with E-state index in [9.17, 15) is 9.59 Å². The molecule has 5 aromatic rings. The first-order valence-corrected chi connectivity index (χ1v) is 11.4. The Bertz CT molecular complexity index is 1540. The van der Waals surface area contributed by atoms with Crippen molar-refractivity contribution in [3.63, 3.8) is 0 Å². The Kier molecular flexibility index (Phi) is 5.81. The lowest BCUT2D eigenvalue weighted by Gasteiger charge is -2.07. The van der Waals surface area contributed by atoms with E-state index in [0.717, 1.165) is 4.47 Å². The van der Waals surface area contributed by atoms with Crippen LogP contribution >= 0.6 is 27.5 Å². The van der Waals surface area contributed by atoms with Crippen molar-refractivity contribution in [2.24, 2.45) is 0 Å². The fourth-order valence-electron chi connectivity index (χ4n) is 3.67. The van der Waals surface area contributed by atoms with Gasteiger partial charge in [0.25, 0.3) is 5.91 Å². The van der Waals surface area contributed by atoms with Gasteiger partial charge in [0.1, 0.15) is 11.1 Å². The van der Waals surface area contributed by atoms with Crippen LogP contribution in [0.2, 0.25) is 5.02 Å². The van der Waals surface area contributed by atoms with E-state index in [0.29, 0.717) is 38.6 Å². The highest BCUT2D eigenvalue weighted by Gasteiger charge is 2.27. The third-order valence-electron chi connectivity index (χ3n) is 5.34. The number of aromatic nitrogens is 1. The number of carbonyl (C=O) groups is 2. The van der Waals surface area contributed by atoms with Crippen LogP contribution in [0.15, 0.2) is 86.2 Å². The van der Waals surface area contributed by atoms with Crippen LogP contribution in [0.25, 0.3) is 22.3 Å². The molecule has 168 valence electrons. The molecule has 0 aliphatic carbocycles. The number of furan rings is 1. The van der Waals surface area contributed by atoms with Gasteiger partial charge in [-0.15, -0.1) is 0 Å². The summed E-state index contributed by atoms with van der Waals surface area (Å²) in [7, 11) is 0. The van der Waals surface area contributed by atoms with Crippen molar-refractivity contribution in [3.8, 4) is 11.3 Å². The molecule has 0 saturated heterocycles. The monoisotopic (exact) mass is 534 g/mol. The average Bonchev–Trinajstić information content (AvgIpc) is 3.40. The van der Waals surface area contributed by atoms with Crippen LogP contribution in [0.1, 0.15) is 32.2 Å². The van der Waals surface area contributed by atoms with Crippen LogP contribution in [-0.2, 0) is 0 Å². The molecule has 5 rings (SSSR count). The summed E-state index contributed by atoms with van der Waals surface area (Å²) in [5.74, 6) is -0.474. The Labute approximate surface area is 207 Å². The lowest BCUT2D eigenvalue weighted by Crippen LogP contribution is -2.15. The number of aryl methyl sites for hydroxylation is 1. The minimum Gasteiger partial charge on any atom is -0.450 e. The third-order valence-corrected chi connectivity index (χ3v) is 6.12. The number of nitrogens with zero attached hydrogens (tertiary/aromatic N) is 1. The molecule has 2 heterocycles. The van der Waals surface area contributed by atoms with Crippen molar-refractivity contribution in [3.05, 3.63) is 105 Å². The maximum absolute atomic E-state index is 13.5. The van der Waals surface area contributed by atoms with Gasteiger partial charge in [0.2, 0.25) is 5.78 Å². The first-order chi connectivity index (χ1) is 16.4. The molecule has 34 heavy (non-hydrogen) atoms. The van der Waals surface area contributed by atoms with Crippen LogP contribution in [0.4, 0.5) is 5.69 Å². The van der Waals surface area contributed by atoms with Crippen molar-refractivity contribution in [1.29, 1.82) is 0 Å². The quantitative estimate of drug-likeness (QED) is 0.239. The van der Waals surface area contributed by atoms with Gasteiger partial charge in [-0.25, -0.2) is 0 Å². The zero-order valence-electron chi connectivity index (χ0n) is 17.8. The lowest BCUT2D eigenvalue weighted by molar-refractivity contribution is 0.101. The molecular formula is C26H16BrClN2O4. The number of rotatable bonds is 5. The molecule has 1 N–H and O–H groups in total. The molecule has 0 aliphatic heterocycles. The van der Waals surface area contributed by atoms with E-state index in [1.165, 1.54) is 0 Å². The summed E-state index contributed by atoms with van der Waals surface area (Å²) in [6, 6.07) is 21.0. The lowest BCUT2D eigenvalue weighted by atomic mass is 10.0. The summed E-state index contributed by atoms with van der Waals surface area (Å²) in [5, 5.41) is 8.02. The fraction of sp³-hybridized carbons (Fsp3) is 0.0385. The van der Waals surface area contributed by atoms with Gasteiger partial charge in [0, 0.05) is 26.0 Å². The van der Waals surface area contributed by atoms with E-state index in [4.69, 9.17) is 20.5 Å². The summed E-state index contributed by atoms with van der Waals surface area (Å²) in [5.41, 5.74) is 2.53. The van der Waals surface area contributed by atoms with E-state index in [1.54, 1.807) is 73.7 Å². The molecule has 8 heteroatoms. The smallest absolute Gasteiger partial charge is 0.261 e. The Morgan fingerprint density at radius 3 is 2.41 bits per heavy atom. The zero-order chi connectivity index (χ0) is 23.8. The molecule has 6 nitrogen and oxygen atoms in total. The van der Waals surface area contributed by atoms with Crippen LogP contribution < -0.4 is 5.32 Å². The molecule has 0 aliphatic rings. The summed E-state index contributed by atoms with van der Waals surface area (Å²) in [6.07, 6.45) is 0. The third kappa shape index (κ3) is 4.04. The first kappa shape index (κ1) is 22.1. The standard InChI is InChI=1S/C26H16BrClN2O4/c1-14-21(24(34-30-14)16-8-12-18(28)13-9-16)26(32)29-22-19-4-2-3-5-20(19)33-25(22)23(31)15-6-10-17(27)11-7-15/h2-13H,1H3,(H,29,32). The number of amides is 1. The molecule has 3 aromatic carbocycles. The number of nitrogens with one attached hydrogen (secondary N) is 1. The minimum absolute atomic E-state index is 0.0408. The normalized spacial score (nSPS) is 11.0. The molecule has 0 bridgehead atoms. The number of benzene rings is 3. The Morgan fingerprint density at radius 2 is 1.68 bits per heavy atom. The number of carbonyl (C=O) groups excluding carboxylic acids is 2. The number of halogens is 2. The maximum Gasteiger partial charge on any atom is 0.261 e. The Balaban J connectivity index is 1.57. The summed E-state index contributed by atoms with van der Waals surface area (Å²) < 4.78 is 12.2. The van der Waals surface area contributed by atoms with E-state index < -0.39 is 5.91 Å². The predicted octanol–water partition coefficient (Wildman–Crippen LogP) is 7.30. The SMILES string of the molecule is Cc1noc(-c2ccc(Cl)cc2)c1C(=O)Nc1c(C(=O)c2ccc(Br)cc2)oc2ccccc12. The van der Waals surface area contributed by atoms with E-state index in [-0.39, 0.29) is 22.8 Å². The Morgan fingerprint density at radius 1 is 0.971 bits per heavy atom. The van der Waals surface area contributed by atoms with Gasteiger partial charge < -0.3 is 14.3 Å². The van der Waals surface area contributed by atoms with Gasteiger partial charge >= 0.3 is 0 Å². The number of ketones is 1. The van der Waals surface area contributed by atoms with Crippen LogP contribution in [0.3, 0.4) is 0 Å². The van der Waals surface area contributed by atoms with Crippen molar-refractivity contribution >= 4 is 55.9 Å². The largest absolute Gasteiger partial charge is 0.450 e. The average molecular weight is 536 g/mol. The van der Waals surface area contributed by atoms with Gasteiger partial charge in [0.15, 0.2) is 11.5 Å². The number of hydrogen-bond acceptors (Lipinski definition) is 5. The second kappa shape index (κ2) is 8.93. The second-order valence-electron chi connectivity index (χ2n) is 7.57.